The summed E-state index contributed by atoms with van der Waals surface area (Å²) in [5.41, 5.74) is 1.72. The first-order valence-corrected chi connectivity index (χ1v) is 6.93. The van der Waals surface area contributed by atoms with Gasteiger partial charge >= 0.3 is 5.97 Å². The van der Waals surface area contributed by atoms with Gasteiger partial charge in [-0.1, -0.05) is 0 Å². The number of anilines is 2. The van der Waals surface area contributed by atoms with E-state index >= 15 is 0 Å². The lowest BCUT2D eigenvalue weighted by molar-refractivity contribution is 0.0696. The number of rotatable bonds is 3. The van der Waals surface area contributed by atoms with E-state index in [-0.39, 0.29) is 16.7 Å². The van der Waals surface area contributed by atoms with Crippen LogP contribution in [-0.2, 0) is 0 Å². The Hall–Kier alpha value is -3.15. The Morgan fingerprint density at radius 3 is 2.13 bits per heavy atom. The van der Waals surface area contributed by atoms with E-state index in [1.807, 2.05) is 31.1 Å². The molecule has 23 heavy (non-hydrogen) atoms. The predicted molar refractivity (Wildman–Crippen MR) is 85.3 cm³/mol. The van der Waals surface area contributed by atoms with E-state index in [0.717, 1.165) is 10.6 Å². The molecule has 116 valence electrons. The van der Waals surface area contributed by atoms with Crippen molar-refractivity contribution in [1.29, 1.82) is 0 Å². The fourth-order valence-electron chi connectivity index (χ4n) is 2.51. The maximum atomic E-state index is 12.5. The molecule has 0 unspecified atom stereocenters. The second-order valence-electron chi connectivity index (χ2n) is 5.42. The zero-order chi connectivity index (χ0) is 16.7. The van der Waals surface area contributed by atoms with Gasteiger partial charge < -0.3 is 10.0 Å². The van der Waals surface area contributed by atoms with Crippen molar-refractivity contribution < 1.29 is 19.5 Å². The first kappa shape index (κ1) is 14.8. The van der Waals surface area contributed by atoms with Crippen LogP contribution in [0.2, 0.25) is 0 Å². The molecule has 1 N–H and O–H groups in total. The molecule has 1 heterocycles. The van der Waals surface area contributed by atoms with Gasteiger partial charge in [0, 0.05) is 19.8 Å². The Morgan fingerprint density at radius 1 is 0.957 bits per heavy atom. The van der Waals surface area contributed by atoms with Gasteiger partial charge in [-0.2, -0.15) is 0 Å². The molecule has 2 aromatic carbocycles. The van der Waals surface area contributed by atoms with Crippen LogP contribution in [-0.4, -0.2) is 37.0 Å². The molecule has 1 aliphatic heterocycles. The second kappa shape index (κ2) is 5.24. The summed E-state index contributed by atoms with van der Waals surface area (Å²) in [4.78, 5) is 39.0. The quantitative estimate of drug-likeness (QED) is 0.880. The minimum Gasteiger partial charge on any atom is -0.478 e. The summed E-state index contributed by atoms with van der Waals surface area (Å²) in [5.74, 6) is -2.09. The van der Waals surface area contributed by atoms with Crippen LogP contribution in [0.4, 0.5) is 11.4 Å². The van der Waals surface area contributed by atoms with Crippen molar-refractivity contribution >= 4 is 29.2 Å². The van der Waals surface area contributed by atoms with Crippen molar-refractivity contribution in [2.24, 2.45) is 0 Å². The number of carbonyl (C=O) groups is 3. The van der Waals surface area contributed by atoms with E-state index in [1.165, 1.54) is 18.2 Å². The SMILES string of the molecule is CN(C)c1ccc(N2C(=O)c3ccc(C(=O)O)cc3C2=O)cc1. The summed E-state index contributed by atoms with van der Waals surface area (Å²) in [6.45, 7) is 0. The lowest BCUT2D eigenvalue weighted by atomic mass is 10.1. The molecule has 0 atom stereocenters. The van der Waals surface area contributed by atoms with Crippen LogP contribution < -0.4 is 9.80 Å². The van der Waals surface area contributed by atoms with Gasteiger partial charge in [0.25, 0.3) is 11.8 Å². The van der Waals surface area contributed by atoms with E-state index in [2.05, 4.69) is 0 Å². The number of carbonyl (C=O) groups excluding carboxylic acids is 2. The highest BCUT2D eigenvalue weighted by atomic mass is 16.4. The Balaban J connectivity index is 2.01. The number of aromatic carboxylic acids is 1. The molecular weight excluding hydrogens is 296 g/mol. The largest absolute Gasteiger partial charge is 0.478 e. The smallest absolute Gasteiger partial charge is 0.335 e. The first-order valence-electron chi connectivity index (χ1n) is 6.93. The molecule has 0 saturated carbocycles. The Morgan fingerprint density at radius 2 is 1.57 bits per heavy atom. The molecule has 0 radical (unpaired) electrons. The molecule has 6 nitrogen and oxygen atoms in total. The summed E-state index contributed by atoms with van der Waals surface area (Å²) in [6, 6.07) is 10.9. The van der Waals surface area contributed by atoms with E-state index < -0.39 is 17.8 Å². The lowest BCUT2D eigenvalue weighted by Crippen LogP contribution is -2.29. The molecule has 0 fully saturated rings. The number of carboxylic acid groups (broad SMARTS) is 1. The van der Waals surface area contributed by atoms with Crippen LogP contribution in [0.1, 0.15) is 31.1 Å². The average molecular weight is 310 g/mol. The van der Waals surface area contributed by atoms with E-state index in [4.69, 9.17) is 5.11 Å². The third-order valence-corrected chi connectivity index (χ3v) is 3.76. The number of hydrogen-bond donors (Lipinski definition) is 1. The molecule has 6 heteroatoms. The Bertz CT molecular complexity index is 825. The standard InChI is InChI=1S/C17H14N2O4/c1-18(2)11-4-6-12(7-5-11)19-15(20)13-8-3-10(17(22)23)9-14(13)16(19)21/h3-9H,1-2H3,(H,22,23). The molecule has 3 rings (SSSR count). The molecule has 2 amide bonds. The average Bonchev–Trinajstić information content (AvgIpc) is 2.78. The van der Waals surface area contributed by atoms with Crippen LogP contribution in [0.5, 0.6) is 0 Å². The molecule has 0 aromatic heterocycles. The molecular formula is C17H14N2O4. The third kappa shape index (κ3) is 2.34. The highest BCUT2D eigenvalue weighted by Gasteiger charge is 2.37. The number of benzene rings is 2. The van der Waals surface area contributed by atoms with Crippen LogP contribution in [0.25, 0.3) is 0 Å². The van der Waals surface area contributed by atoms with Crippen molar-refractivity contribution in [2.45, 2.75) is 0 Å². The molecule has 2 aromatic rings. The van der Waals surface area contributed by atoms with Gasteiger partial charge in [0.1, 0.15) is 0 Å². The van der Waals surface area contributed by atoms with Gasteiger partial charge in [0.05, 0.1) is 22.4 Å². The van der Waals surface area contributed by atoms with Crippen molar-refractivity contribution in [3.63, 3.8) is 0 Å². The van der Waals surface area contributed by atoms with Gasteiger partial charge in [-0.3, -0.25) is 9.59 Å². The highest BCUT2D eigenvalue weighted by molar-refractivity contribution is 6.34. The van der Waals surface area contributed by atoms with E-state index in [0.29, 0.717) is 5.69 Å². The van der Waals surface area contributed by atoms with Crippen molar-refractivity contribution in [3.05, 3.63) is 59.2 Å². The molecule has 1 aliphatic rings. The van der Waals surface area contributed by atoms with Crippen LogP contribution in [0, 0.1) is 0 Å². The lowest BCUT2D eigenvalue weighted by Gasteiger charge is -2.16. The molecule has 0 aliphatic carbocycles. The van der Waals surface area contributed by atoms with E-state index in [1.54, 1.807) is 12.1 Å². The van der Waals surface area contributed by atoms with Gasteiger partial charge in [0.2, 0.25) is 0 Å². The second-order valence-corrected chi connectivity index (χ2v) is 5.42. The number of imide groups is 1. The summed E-state index contributed by atoms with van der Waals surface area (Å²) >= 11 is 0. The molecule has 0 saturated heterocycles. The first-order chi connectivity index (χ1) is 10.9. The van der Waals surface area contributed by atoms with Gasteiger partial charge in [-0.05, 0) is 42.5 Å². The van der Waals surface area contributed by atoms with Crippen molar-refractivity contribution in [1.82, 2.24) is 0 Å². The zero-order valence-corrected chi connectivity index (χ0v) is 12.6. The zero-order valence-electron chi connectivity index (χ0n) is 12.6. The highest BCUT2D eigenvalue weighted by Crippen LogP contribution is 2.30. The van der Waals surface area contributed by atoms with Crippen LogP contribution >= 0.6 is 0 Å². The van der Waals surface area contributed by atoms with Crippen LogP contribution in [0.3, 0.4) is 0 Å². The normalized spacial score (nSPS) is 13.2. The minimum absolute atomic E-state index is 0.0188. The Kier molecular flexibility index (Phi) is 3.37. The van der Waals surface area contributed by atoms with E-state index in [9.17, 15) is 14.4 Å². The fraction of sp³-hybridized carbons (Fsp3) is 0.118. The minimum atomic E-state index is -1.14. The molecule has 0 bridgehead atoms. The monoisotopic (exact) mass is 310 g/mol. The number of amides is 2. The maximum Gasteiger partial charge on any atom is 0.335 e. The number of nitrogens with zero attached hydrogens (tertiary/aromatic N) is 2. The van der Waals surface area contributed by atoms with Gasteiger partial charge in [0.15, 0.2) is 0 Å². The van der Waals surface area contributed by atoms with Crippen LogP contribution in [0.15, 0.2) is 42.5 Å². The summed E-state index contributed by atoms with van der Waals surface area (Å²) in [5, 5.41) is 9.02. The van der Waals surface area contributed by atoms with Crippen molar-refractivity contribution in [2.75, 3.05) is 23.9 Å². The maximum absolute atomic E-state index is 12.5. The Labute approximate surface area is 132 Å². The summed E-state index contributed by atoms with van der Waals surface area (Å²) in [7, 11) is 3.79. The number of hydrogen-bond acceptors (Lipinski definition) is 4. The van der Waals surface area contributed by atoms with Crippen molar-refractivity contribution in [3.8, 4) is 0 Å². The fourth-order valence-corrected chi connectivity index (χ4v) is 2.51. The van der Waals surface area contributed by atoms with Gasteiger partial charge in [-0.15, -0.1) is 0 Å². The third-order valence-electron chi connectivity index (χ3n) is 3.76. The molecule has 0 spiro atoms. The number of fused-ring (bicyclic) bond motifs is 1. The topological polar surface area (TPSA) is 77.9 Å². The summed E-state index contributed by atoms with van der Waals surface area (Å²) < 4.78 is 0. The van der Waals surface area contributed by atoms with Gasteiger partial charge in [-0.25, -0.2) is 9.69 Å². The predicted octanol–water partition coefficient (Wildman–Crippen LogP) is 2.25. The number of carboxylic acids is 1. The summed E-state index contributed by atoms with van der Waals surface area (Å²) in [6.07, 6.45) is 0.